The minimum Gasteiger partial charge on any atom is -0.383 e. The standard InChI is InChI=1S/C12H16F2N2OS/c1-7(18-3)6-16-12(17)8-4-9(13)11(15-2)10(14)5-8/h4-5,7,15H,6H2,1-3H3,(H,16,17). The third-order valence-electron chi connectivity index (χ3n) is 2.51. The number of halogens is 2. The summed E-state index contributed by atoms with van der Waals surface area (Å²) >= 11 is 1.60. The van der Waals surface area contributed by atoms with E-state index in [1.54, 1.807) is 11.8 Å². The number of carbonyl (C=O) groups excluding carboxylic acids is 1. The molecule has 1 aromatic rings. The van der Waals surface area contributed by atoms with Gasteiger partial charge in [0.1, 0.15) is 17.3 Å². The van der Waals surface area contributed by atoms with Crippen molar-refractivity contribution in [2.45, 2.75) is 12.2 Å². The Morgan fingerprint density at radius 2 is 1.94 bits per heavy atom. The third kappa shape index (κ3) is 3.60. The summed E-state index contributed by atoms with van der Waals surface area (Å²) in [6.07, 6.45) is 1.93. The Kier molecular flexibility index (Phi) is 5.40. The second-order valence-corrected chi connectivity index (χ2v) is 5.10. The Labute approximate surface area is 109 Å². The average Bonchev–Trinajstić information content (AvgIpc) is 2.34. The number of anilines is 1. The van der Waals surface area contributed by atoms with Crippen LogP contribution in [0.2, 0.25) is 0 Å². The van der Waals surface area contributed by atoms with Crippen LogP contribution in [0.1, 0.15) is 17.3 Å². The number of amides is 1. The summed E-state index contributed by atoms with van der Waals surface area (Å²) in [5, 5.41) is 5.28. The predicted octanol–water partition coefficient (Wildman–Crippen LogP) is 2.49. The highest BCUT2D eigenvalue weighted by Gasteiger charge is 2.14. The summed E-state index contributed by atoms with van der Waals surface area (Å²) in [5.41, 5.74) is -0.249. The fraction of sp³-hybridized carbons (Fsp3) is 0.417. The molecule has 0 bridgehead atoms. The first-order chi connectivity index (χ1) is 8.49. The number of rotatable bonds is 5. The lowest BCUT2D eigenvalue weighted by Crippen LogP contribution is -2.29. The zero-order chi connectivity index (χ0) is 13.7. The summed E-state index contributed by atoms with van der Waals surface area (Å²) in [7, 11) is 1.42. The molecule has 0 saturated carbocycles. The molecule has 1 rings (SSSR count). The summed E-state index contributed by atoms with van der Waals surface area (Å²) in [6, 6.07) is 2.04. The van der Waals surface area contributed by atoms with E-state index in [-0.39, 0.29) is 16.5 Å². The Bertz CT molecular complexity index is 417. The molecule has 6 heteroatoms. The zero-order valence-electron chi connectivity index (χ0n) is 10.5. The Morgan fingerprint density at radius 3 is 2.39 bits per heavy atom. The number of hydrogen-bond donors (Lipinski definition) is 2. The smallest absolute Gasteiger partial charge is 0.251 e. The van der Waals surface area contributed by atoms with Crippen LogP contribution < -0.4 is 10.6 Å². The van der Waals surface area contributed by atoms with Gasteiger partial charge in [0.25, 0.3) is 5.91 Å². The Hall–Kier alpha value is -1.30. The molecule has 1 unspecified atom stereocenters. The maximum absolute atomic E-state index is 13.5. The van der Waals surface area contributed by atoms with E-state index in [0.29, 0.717) is 6.54 Å². The van der Waals surface area contributed by atoms with Crippen molar-refractivity contribution in [3.05, 3.63) is 29.3 Å². The van der Waals surface area contributed by atoms with Gasteiger partial charge in [0.05, 0.1) is 0 Å². The molecule has 0 fully saturated rings. The minimum atomic E-state index is -0.777. The van der Waals surface area contributed by atoms with Crippen molar-refractivity contribution in [2.24, 2.45) is 0 Å². The molecule has 1 aromatic carbocycles. The van der Waals surface area contributed by atoms with E-state index < -0.39 is 17.5 Å². The van der Waals surface area contributed by atoms with Gasteiger partial charge in [0, 0.05) is 24.4 Å². The molecule has 1 atom stereocenters. The molecule has 0 aromatic heterocycles. The van der Waals surface area contributed by atoms with Crippen molar-refractivity contribution in [3.63, 3.8) is 0 Å². The van der Waals surface area contributed by atoms with Gasteiger partial charge in [-0.05, 0) is 18.4 Å². The lowest BCUT2D eigenvalue weighted by molar-refractivity contribution is 0.0953. The Morgan fingerprint density at radius 1 is 1.39 bits per heavy atom. The van der Waals surface area contributed by atoms with Crippen LogP contribution in [0, 0.1) is 11.6 Å². The van der Waals surface area contributed by atoms with Gasteiger partial charge in [-0.15, -0.1) is 0 Å². The summed E-state index contributed by atoms with van der Waals surface area (Å²) in [6.45, 7) is 2.41. The van der Waals surface area contributed by atoms with Crippen LogP contribution in [-0.2, 0) is 0 Å². The van der Waals surface area contributed by atoms with E-state index in [0.717, 1.165) is 12.1 Å². The van der Waals surface area contributed by atoms with Crippen LogP contribution in [0.15, 0.2) is 12.1 Å². The first-order valence-corrected chi connectivity index (χ1v) is 6.76. The fourth-order valence-electron chi connectivity index (χ4n) is 1.36. The molecule has 0 saturated heterocycles. The van der Waals surface area contributed by atoms with Crippen molar-refractivity contribution < 1.29 is 13.6 Å². The number of hydrogen-bond acceptors (Lipinski definition) is 3. The van der Waals surface area contributed by atoms with Crippen LogP contribution >= 0.6 is 11.8 Å². The quantitative estimate of drug-likeness (QED) is 0.866. The molecular formula is C12H16F2N2OS. The summed E-state index contributed by atoms with van der Waals surface area (Å²) < 4.78 is 26.9. The van der Waals surface area contributed by atoms with Crippen molar-refractivity contribution in [1.29, 1.82) is 0 Å². The Balaban J connectivity index is 2.81. The summed E-state index contributed by atoms with van der Waals surface area (Å²) in [5.74, 6) is -2.03. The van der Waals surface area contributed by atoms with E-state index in [4.69, 9.17) is 0 Å². The highest BCUT2D eigenvalue weighted by Crippen LogP contribution is 2.20. The van der Waals surface area contributed by atoms with E-state index in [1.807, 2.05) is 13.2 Å². The van der Waals surface area contributed by atoms with Gasteiger partial charge in [-0.1, -0.05) is 6.92 Å². The number of thioether (sulfide) groups is 1. The van der Waals surface area contributed by atoms with Gasteiger partial charge >= 0.3 is 0 Å². The van der Waals surface area contributed by atoms with Gasteiger partial charge in [-0.3, -0.25) is 4.79 Å². The SMILES string of the molecule is CNc1c(F)cc(C(=O)NCC(C)SC)cc1F. The lowest BCUT2D eigenvalue weighted by atomic mass is 10.1. The second-order valence-electron chi connectivity index (χ2n) is 3.82. The van der Waals surface area contributed by atoms with Crippen LogP contribution in [-0.4, -0.2) is 31.0 Å². The largest absolute Gasteiger partial charge is 0.383 e. The number of benzene rings is 1. The molecule has 0 aliphatic rings. The van der Waals surface area contributed by atoms with Gasteiger partial charge in [0.2, 0.25) is 0 Å². The second kappa shape index (κ2) is 6.58. The normalized spacial score (nSPS) is 12.1. The monoisotopic (exact) mass is 274 g/mol. The lowest BCUT2D eigenvalue weighted by Gasteiger charge is -2.11. The predicted molar refractivity (Wildman–Crippen MR) is 71.2 cm³/mol. The first kappa shape index (κ1) is 14.8. The molecule has 0 aliphatic heterocycles. The van der Waals surface area contributed by atoms with Crippen LogP contribution in [0.25, 0.3) is 0 Å². The summed E-state index contributed by atoms with van der Waals surface area (Å²) in [4.78, 5) is 11.7. The molecular weight excluding hydrogens is 258 g/mol. The van der Waals surface area contributed by atoms with E-state index >= 15 is 0 Å². The number of nitrogens with one attached hydrogen (secondary N) is 2. The van der Waals surface area contributed by atoms with Crippen LogP contribution in [0.5, 0.6) is 0 Å². The van der Waals surface area contributed by atoms with Crippen molar-refractivity contribution in [3.8, 4) is 0 Å². The molecule has 0 radical (unpaired) electrons. The minimum absolute atomic E-state index is 0.0164. The van der Waals surface area contributed by atoms with E-state index in [1.165, 1.54) is 7.05 Å². The van der Waals surface area contributed by atoms with Gasteiger partial charge < -0.3 is 10.6 Å². The van der Waals surface area contributed by atoms with Crippen molar-refractivity contribution in [1.82, 2.24) is 5.32 Å². The van der Waals surface area contributed by atoms with Crippen molar-refractivity contribution >= 4 is 23.4 Å². The average molecular weight is 274 g/mol. The molecule has 2 N–H and O–H groups in total. The maximum atomic E-state index is 13.5. The fourth-order valence-corrected chi connectivity index (χ4v) is 1.61. The molecule has 0 heterocycles. The topological polar surface area (TPSA) is 41.1 Å². The molecule has 100 valence electrons. The maximum Gasteiger partial charge on any atom is 0.251 e. The highest BCUT2D eigenvalue weighted by atomic mass is 32.2. The van der Waals surface area contributed by atoms with Crippen molar-refractivity contribution in [2.75, 3.05) is 25.2 Å². The first-order valence-electron chi connectivity index (χ1n) is 5.47. The van der Waals surface area contributed by atoms with Gasteiger partial charge in [-0.2, -0.15) is 11.8 Å². The van der Waals surface area contributed by atoms with E-state index in [2.05, 4.69) is 10.6 Å². The van der Waals surface area contributed by atoms with Gasteiger partial charge in [-0.25, -0.2) is 8.78 Å². The molecule has 0 aliphatic carbocycles. The van der Waals surface area contributed by atoms with Crippen LogP contribution in [0.3, 0.4) is 0 Å². The van der Waals surface area contributed by atoms with Crippen LogP contribution in [0.4, 0.5) is 14.5 Å². The number of carbonyl (C=O) groups is 1. The van der Waals surface area contributed by atoms with E-state index in [9.17, 15) is 13.6 Å². The molecule has 1 amide bonds. The third-order valence-corrected chi connectivity index (χ3v) is 3.48. The highest BCUT2D eigenvalue weighted by molar-refractivity contribution is 7.99. The molecule has 3 nitrogen and oxygen atoms in total. The zero-order valence-corrected chi connectivity index (χ0v) is 11.3. The molecule has 18 heavy (non-hydrogen) atoms. The molecule has 0 spiro atoms. The van der Waals surface area contributed by atoms with Gasteiger partial charge in [0.15, 0.2) is 0 Å².